The van der Waals surface area contributed by atoms with E-state index in [1.54, 1.807) is 7.05 Å². The molecule has 0 aromatic heterocycles. The average Bonchev–Trinajstić information content (AvgIpc) is 2.72. The van der Waals surface area contributed by atoms with Crippen molar-refractivity contribution in [2.24, 2.45) is 16.8 Å². The van der Waals surface area contributed by atoms with Crippen molar-refractivity contribution in [1.29, 1.82) is 0 Å². The van der Waals surface area contributed by atoms with Crippen LogP contribution in [0.15, 0.2) is 29.3 Å². The van der Waals surface area contributed by atoms with Gasteiger partial charge in [-0.1, -0.05) is 18.6 Å². The third kappa shape index (κ3) is 7.61. The van der Waals surface area contributed by atoms with Gasteiger partial charge in [0.05, 0.1) is 0 Å². The number of nitrogens with zero attached hydrogens (tertiary/aromatic N) is 1. The third-order valence-corrected chi connectivity index (χ3v) is 5.81. The van der Waals surface area contributed by atoms with Crippen molar-refractivity contribution in [2.45, 2.75) is 45.1 Å². The standard InChI is InChI=1S/C23H36N4O3/c1-24-23(25-11-4-12-30-17-18-9-13-29-14-10-18)26-16-19-5-2-8-21(15-19)27-22(28)20-6-3-7-20/h2,5,8,15,18,20H,3-4,6-7,9-14,16-17H2,1H3,(H,27,28)(H2,24,25,26). The fourth-order valence-electron chi connectivity index (χ4n) is 3.62. The first-order valence-electron chi connectivity index (χ1n) is 11.2. The number of hydrogen-bond acceptors (Lipinski definition) is 4. The van der Waals surface area contributed by atoms with Gasteiger partial charge in [0.1, 0.15) is 0 Å². The van der Waals surface area contributed by atoms with E-state index in [1.165, 1.54) is 0 Å². The van der Waals surface area contributed by atoms with Gasteiger partial charge in [0.2, 0.25) is 5.91 Å². The minimum Gasteiger partial charge on any atom is -0.381 e. The van der Waals surface area contributed by atoms with E-state index in [2.05, 4.69) is 20.9 Å². The Morgan fingerprint density at radius 1 is 1.20 bits per heavy atom. The van der Waals surface area contributed by atoms with E-state index in [9.17, 15) is 4.79 Å². The Morgan fingerprint density at radius 2 is 2.03 bits per heavy atom. The number of aliphatic imine (C=N–C) groups is 1. The Bertz CT molecular complexity index is 685. The molecule has 2 fully saturated rings. The molecule has 1 aromatic carbocycles. The van der Waals surface area contributed by atoms with Crippen LogP contribution in [0, 0.1) is 11.8 Å². The van der Waals surface area contributed by atoms with Crippen LogP contribution in [-0.2, 0) is 20.8 Å². The van der Waals surface area contributed by atoms with Crippen molar-refractivity contribution in [1.82, 2.24) is 10.6 Å². The molecule has 30 heavy (non-hydrogen) atoms. The van der Waals surface area contributed by atoms with E-state index in [4.69, 9.17) is 9.47 Å². The van der Waals surface area contributed by atoms with Gasteiger partial charge in [-0.3, -0.25) is 9.79 Å². The zero-order chi connectivity index (χ0) is 21.0. The second-order valence-corrected chi connectivity index (χ2v) is 8.15. The lowest BCUT2D eigenvalue weighted by atomic mass is 9.85. The molecule has 0 bridgehead atoms. The first-order chi connectivity index (χ1) is 14.7. The molecule has 3 N–H and O–H groups in total. The number of ether oxygens (including phenoxy) is 2. The number of carbonyl (C=O) groups excluding carboxylic acids is 1. The Balaban J connectivity index is 1.30. The van der Waals surface area contributed by atoms with E-state index in [0.717, 1.165) is 88.7 Å². The number of guanidine groups is 1. The van der Waals surface area contributed by atoms with E-state index >= 15 is 0 Å². The highest BCUT2D eigenvalue weighted by atomic mass is 16.5. The van der Waals surface area contributed by atoms with Crippen molar-refractivity contribution < 1.29 is 14.3 Å². The zero-order valence-corrected chi connectivity index (χ0v) is 18.1. The summed E-state index contributed by atoms with van der Waals surface area (Å²) in [4.78, 5) is 16.4. The molecular formula is C23H36N4O3. The van der Waals surface area contributed by atoms with Gasteiger partial charge >= 0.3 is 0 Å². The van der Waals surface area contributed by atoms with E-state index in [1.807, 2.05) is 24.3 Å². The molecule has 7 heteroatoms. The Kier molecular flexibility index (Phi) is 9.44. The Hall–Kier alpha value is -2.12. The molecule has 2 aliphatic rings. The van der Waals surface area contributed by atoms with Crippen molar-refractivity contribution in [3.05, 3.63) is 29.8 Å². The van der Waals surface area contributed by atoms with Gasteiger partial charge in [0.25, 0.3) is 0 Å². The van der Waals surface area contributed by atoms with Gasteiger partial charge in [0, 0.05) is 58.2 Å². The van der Waals surface area contributed by atoms with Crippen LogP contribution >= 0.6 is 0 Å². The van der Waals surface area contributed by atoms with Gasteiger partial charge in [0.15, 0.2) is 5.96 Å². The Morgan fingerprint density at radius 3 is 2.77 bits per heavy atom. The lowest BCUT2D eigenvalue weighted by molar-refractivity contribution is -0.122. The van der Waals surface area contributed by atoms with E-state index < -0.39 is 0 Å². The summed E-state index contributed by atoms with van der Waals surface area (Å²) in [5, 5.41) is 9.68. The smallest absolute Gasteiger partial charge is 0.227 e. The summed E-state index contributed by atoms with van der Waals surface area (Å²) in [5.74, 6) is 1.75. The minimum atomic E-state index is 0.142. The first-order valence-corrected chi connectivity index (χ1v) is 11.2. The summed E-state index contributed by atoms with van der Waals surface area (Å²) in [6.07, 6.45) is 6.34. The molecule has 166 valence electrons. The molecule has 1 aliphatic heterocycles. The molecule has 0 atom stereocenters. The minimum absolute atomic E-state index is 0.142. The largest absolute Gasteiger partial charge is 0.381 e. The molecule has 0 unspecified atom stereocenters. The molecule has 1 saturated heterocycles. The maximum atomic E-state index is 12.1. The fourth-order valence-corrected chi connectivity index (χ4v) is 3.62. The molecule has 1 aliphatic carbocycles. The highest BCUT2D eigenvalue weighted by Gasteiger charge is 2.25. The van der Waals surface area contributed by atoms with Crippen LogP contribution in [0.4, 0.5) is 5.69 Å². The summed E-state index contributed by atoms with van der Waals surface area (Å²) in [6, 6.07) is 7.97. The predicted molar refractivity (Wildman–Crippen MR) is 120 cm³/mol. The van der Waals surface area contributed by atoms with Gasteiger partial charge in [-0.05, 0) is 55.7 Å². The van der Waals surface area contributed by atoms with Gasteiger partial charge in [-0.15, -0.1) is 0 Å². The molecule has 0 radical (unpaired) electrons. The summed E-state index contributed by atoms with van der Waals surface area (Å²) in [7, 11) is 1.77. The topological polar surface area (TPSA) is 84.0 Å². The van der Waals surface area contributed by atoms with E-state index in [0.29, 0.717) is 12.5 Å². The highest BCUT2D eigenvalue weighted by molar-refractivity contribution is 5.93. The van der Waals surface area contributed by atoms with E-state index in [-0.39, 0.29) is 11.8 Å². The van der Waals surface area contributed by atoms with Crippen LogP contribution in [-0.4, -0.2) is 51.9 Å². The third-order valence-electron chi connectivity index (χ3n) is 5.81. The zero-order valence-electron chi connectivity index (χ0n) is 18.1. The maximum absolute atomic E-state index is 12.1. The summed E-state index contributed by atoms with van der Waals surface area (Å²) < 4.78 is 11.2. The fraction of sp³-hybridized carbons (Fsp3) is 0.652. The monoisotopic (exact) mass is 416 g/mol. The van der Waals surface area contributed by atoms with Crippen molar-refractivity contribution in [3.8, 4) is 0 Å². The highest BCUT2D eigenvalue weighted by Crippen LogP contribution is 2.27. The predicted octanol–water partition coefficient (Wildman–Crippen LogP) is 2.92. The van der Waals surface area contributed by atoms with Crippen LogP contribution < -0.4 is 16.0 Å². The first kappa shape index (κ1) is 22.6. The second-order valence-electron chi connectivity index (χ2n) is 8.15. The molecule has 1 aromatic rings. The maximum Gasteiger partial charge on any atom is 0.227 e. The number of rotatable bonds is 10. The lowest BCUT2D eigenvalue weighted by Crippen LogP contribution is -2.37. The van der Waals surface area contributed by atoms with Crippen molar-refractivity contribution >= 4 is 17.6 Å². The molecule has 1 heterocycles. The van der Waals surface area contributed by atoms with Crippen molar-refractivity contribution in [3.63, 3.8) is 0 Å². The normalized spacial score (nSPS) is 18.0. The van der Waals surface area contributed by atoms with Crippen molar-refractivity contribution in [2.75, 3.05) is 45.3 Å². The molecule has 7 nitrogen and oxygen atoms in total. The summed E-state index contributed by atoms with van der Waals surface area (Å²) in [5.41, 5.74) is 1.96. The molecule has 0 spiro atoms. The number of benzene rings is 1. The van der Waals surface area contributed by atoms with Crippen LogP contribution in [0.1, 0.15) is 44.1 Å². The molecular weight excluding hydrogens is 380 g/mol. The van der Waals surface area contributed by atoms with Crippen LogP contribution in [0.2, 0.25) is 0 Å². The summed E-state index contributed by atoms with van der Waals surface area (Å²) in [6.45, 7) is 4.78. The number of nitrogens with one attached hydrogen (secondary N) is 3. The van der Waals surface area contributed by atoms with Crippen LogP contribution in [0.5, 0.6) is 0 Å². The molecule has 1 amide bonds. The number of hydrogen-bond donors (Lipinski definition) is 3. The Labute approximate surface area is 180 Å². The van der Waals surface area contributed by atoms with Crippen LogP contribution in [0.3, 0.4) is 0 Å². The lowest BCUT2D eigenvalue weighted by Gasteiger charge is -2.24. The second kappa shape index (κ2) is 12.5. The molecule has 1 saturated carbocycles. The number of carbonyl (C=O) groups is 1. The van der Waals surface area contributed by atoms with Gasteiger partial charge < -0.3 is 25.4 Å². The van der Waals surface area contributed by atoms with Gasteiger partial charge in [-0.2, -0.15) is 0 Å². The quantitative estimate of drug-likeness (QED) is 0.310. The number of anilines is 1. The average molecular weight is 417 g/mol. The van der Waals surface area contributed by atoms with Gasteiger partial charge in [-0.25, -0.2) is 0 Å². The summed E-state index contributed by atoms with van der Waals surface area (Å²) >= 11 is 0. The molecule has 3 rings (SSSR count). The van der Waals surface area contributed by atoms with Crippen LogP contribution in [0.25, 0.3) is 0 Å². The SMILES string of the molecule is CN=C(NCCCOCC1CCOCC1)NCc1cccc(NC(=O)C2CCC2)c1. The number of amides is 1.